The maximum absolute atomic E-state index is 12.6. The summed E-state index contributed by atoms with van der Waals surface area (Å²) in [6, 6.07) is -5.30. The summed E-state index contributed by atoms with van der Waals surface area (Å²) in [4.78, 5) is 58.8. The SMILES string of the molecule is CSCCC(NC(=O)C(N)CC(=O)O)C(=O)NC(CS)C(=O)NC(C(=O)O)C(C)O. The lowest BCUT2D eigenvalue weighted by Crippen LogP contribution is -2.59. The summed E-state index contributed by atoms with van der Waals surface area (Å²) in [5, 5.41) is 34.1. The fraction of sp³-hybridized carbons (Fsp3) is 0.688. The van der Waals surface area contributed by atoms with Gasteiger partial charge < -0.3 is 37.0 Å². The maximum Gasteiger partial charge on any atom is 0.328 e. The number of nitrogens with one attached hydrogen (secondary N) is 3. The number of thioether (sulfide) groups is 1. The fourth-order valence-electron chi connectivity index (χ4n) is 2.17. The van der Waals surface area contributed by atoms with Crippen molar-refractivity contribution in [1.29, 1.82) is 0 Å². The minimum Gasteiger partial charge on any atom is -0.481 e. The molecule has 0 rings (SSSR count). The molecule has 0 spiro atoms. The molecule has 0 aromatic rings. The number of carbonyl (C=O) groups excluding carboxylic acids is 3. The average Bonchev–Trinajstić information content (AvgIpc) is 2.65. The summed E-state index contributed by atoms with van der Waals surface area (Å²) >= 11 is 5.37. The van der Waals surface area contributed by atoms with Crippen molar-refractivity contribution in [2.75, 3.05) is 17.8 Å². The summed E-state index contributed by atoms with van der Waals surface area (Å²) in [5.74, 6) is -4.94. The van der Waals surface area contributed by atoms with Crippen LogP contribution < -0.4 is 21.7 Å². The molecule has 0 fully saturated rings. The van der Waals surface area contributed by atoms with Crippen molar-refractivity contribution in [3.63, 3.8) is 0 Å². The van der Waals surface area contributed by atoms with Crippen LogP contribution in [0.2, 0.25) is 0 Å². The van der Waals surface area contributed by atoms with Gasteiger partial charge >= 0.3 is 11.9 Å². The van der Waals surface area contributed by atoms with Gasteiger partial charge in [0.1, 0.15) is 12.1 Å². The molecule has 172 valence electrons. The van der Waals surface area contributed by atoms with Crippen molar-refractivity contribution in [3.8, 4) is 0 Å². The van der Waals surface area contributed by atoms with Crippen LogP contribution in [0.1, 0.15) is 19.8 Å². The molecule has 0 aromatic heterocycles. The van der Waals surface area contributed by atoms with E-state index in [0.717, 1.165) is 0 Å². The monoisotopic (exact) mass is 468 g/mol. The molecular formula is C16H28N4O8S2. The Bertz CT molecular complexity index is 634. The predicted molar refractivity (Wildman–Crippen MR) is 112 cm³/mol. The molecular weight excluding hydrogens is 440 g/mol. The second kappa shape index (κ2) is 14.1. The van der Waals surface area contributed by atoms with Gasteiger partial charge in [0.2, 0.25) is 17.7 Å². The molecule has 0 radical (unpaired) electrons. The molecule has 0 bridgehead atoms. The summed E-state index contributed by atoms with van der Waals surface area (Å²) in [5.41, 5.74) is 5.50. The zero-order valence-electron chi connectivity index (χ0n) is 16.5. The highest BCUT2D eigenvalue weighted by molar-refractivity contribution is 7.98. The number of carboxylic acid groups (broad SMARTS) is 2. The van der Waals surface area contributed by atoms with Crippen LogP contribution in [0.15, 0.2) is 0 Å². The smallest absolute Gasteiger partial charge is 0.328 e. The van der Waals surface area contributed by atoms with E-state index in [0.29, 0.717) is 5.75 Å². The minimum atomic E-state index is -1.59. The van der Waals surface area contributed by atoms with Crippen LogP contribution in [-0.4, -0.2) is 93.0 Å². The number of amides is 3. The standard InChI is InChI=1S/C16H28N4O8S2/c1-7(21)12(16(27)28)20-15(26)10(6-29)19-14(25)9(3-4-30-2)18-13(24)8(17)5-11(22)23/h7-10,12,21,29H,3-6,17H2,1-2H3,(H,18,24)(H,19,25)(H,20,26)(H,22,23)(H,27,28). The van der Waals surface area contributed by atoms with Crippen LogP contribution in [0, 0.1) is 0 Å². The highest BCUT2D eigenvalue weighted by Gasteiger charge is 2.31. The molecule has 0 heterocycles. The Morgan fingerprint density at radius 3 is 1.97 bits per heavy atom. The van der Waals surface area contributed by atoms with Gasteiger partial charge in [-0.15, -0.1) is 0 Å². The predicted octanol–water partition coefficient (Wildman–Crippen LogP) is -2.61. The summed E-state index contributed by atoms with van der Waals surface area (Å²) in [7, 11) is 0. The third kappa shape index (κ3) is 10.1. The topological polar surface area (TPSA) is 208 Å². The molecule has 0 aliphatic heterocycles. The Labute approximate surface area is 183 Å². The van der Waals surface area contributed by atoms with E-state index in [9.17, 15) is 29.1 Å². The van der Waals surface area contributed by atoms with Gasteiger partial charge in [-0.1, -0.05) is 0 Å². The zero-order chi connectivity index (χ0) is 23.4. The lowest BCUT2D eigenvalue weighted by Gasteiger charge is -2.24. The van der Waals surface area contributed by atoms with Crippen molar-refractivity contribution in [2.24, 2.45) is 5.73 Å². The van der Waals surface area contributed by atoms with E-state index in [4.69, 9.17) is 15.9 Å². The maximum atomic E-state index is 12.6. The molecule has 5 atom stereocenters. The van der Waals surface area contributed by atoms with E-state index in [2.05, 4.69) is 28.6 Å². The molecule has 12 nitrogen and oxygen atoms in total. The normalized spacial score (nSPS) is 15.8. The van der Waals surface area contributed by atoms with Crippen LogP contribution in [0.3, 0.4) is 0 Å². The highest BCUT2D eigenvalue weighted by atomic mass is 32.2. The van der Waals surface area contributed by atoms with Gasteiger partial charge in [-0.2, -0.15) is 24.4 Å². The molecule has 3 amide bonds. The third-order valence-corrected chi connectivity index (χ3v) is 4.85. The van der Waals surface area contributed by atoms with E-state index in [-0.39, 0.29) is 12.2 Å². The Balaban J connectivity index is 5.20. The first kappa shape index (κ1) is 28.0. The van der Waals surface area contributed by atoms with Crippen molar-refractivity contribution in [1.82, 2.24) is 16.0 Å². The number of rotatable bonds is 14. The number of carboxylic acids is 2. The Kier molecular flexibility index (Phi) is 13.1. The average molecular weight is 469 g/mol. The largest absolute Gasteiger partial charge is 0.481 e. The number of hydrogen-bond donors (Lipinski definition) is 8. The lowest BCUT2D eigenvalue weighted by atomic mass is 10.1. The highest BCUT2D eigenvalue weighted by Crippen LogP contribution is 2.04. The molecule has 0 aliphatic carbocycles. The van der Waals surface area contributed by atoms with E-state index in [1.807, 2.05) is 0 Å². The van der Waals surface area contributed by atoms with Gasteiger partial charge in [0.25, 0.3) is 0 Å². The van der Waals surface area contributed by atoms with Crippen molar-refractivity contribution in [2.45, 2.75) is 50.0 Å². The quantitative estimate of drug-likeness (QED) is 0.125. The molecule has 8 N–H and O–H groups in total. The van der Waals surface area contributed by atoms with Crippen LogP contribution in [0.5, 0.6) is 0 Å². The fourth-order valence-corrected chi connectivity index (χ4v) is 2.90. The summed E-state index contributed by atoms with van der Waals surface area (Å²) in [6.07, 6.45) is -0.0588. The Morgan fingerprint density at radius 2 is 1.53 bits per heavy atom. The van der Waals surface area contributed by atoms with Gasteiger partial charge in [0.05, 0.1) is 18.6 Å². The molecule has 0 saturated carbocycles. The first-order valence-electron chi connectivity index (χ1n) is 8.83. The molecule has 0 aliphatic rings. The minimum absolute atomic E-state index is 0.171. The van der Waals surface area contributed by atoms with Crippen LogP contribution in [0.4, 0.5) is 0 Å². The first-order chi connectivity index (χ1) is 13.9. The second-order valence-electron chi connectivity index (χ2n) is 6.36. The summed E-state index contributed by atoms with van der Waals surface area (Å²) in [6.45, 7) is 1.18. The number of carbonyl (C=O) groups is 5. The van der Waals surface area contributed by atoms with Gasteiger partial charge in [0, 0.05) is 5.75 Å². The number of aliphatic hydroxyl groups excluding tert-OH is 1. The van der Waals surface area contributed by atoms with Crippen LogP contribution in [-0.2, 0) is 24.0 Å². The number of hydrogen-bond acceptors (Lipinski definition) is 9. The van der Waals surface area contributed by atoms with Crippen molar-refractivity contribution in [3.05, 3.63) is 0 Å². The van der Waals surface area contributed by atoms with Crippen molar-refractivity contribution < 1.29 is 39.3 Å². The van der Waals surface area contributed by atoms with E-state index in [1.165, 1.54) is 18.7 Å². The van der Waals surface area contributed by atoms with E-state index >= 15 is 0 Å². The number of aliphatic carboxylic acids is 2. The van der Waals surface area contributed by atoms with Gasteiger partial charge in [-0.3, -0.25) is 19.2 Å². The molecule has 30 heavy (non-hydrogen) atoms. The molecule has 5 unspecified atom stereocenters. The lowest BCUT2D eigenvalue weighted by molar-refractivity contribution is -0.145. The summed E-state index contributed by atoms with van der Waals surface area (Å²) < 4.78 is 0. The second-order valence-corrected chi connectivity index (χ2v) is 7.71. The van der Waals surface area contributed by atoms with E-state index in [1.54, 1.807) is 6.26 Å². The van der Waals surface area contributed by atoms with Gasteiger partial charge in [-0.05, 0) is 25.4 Å². The number of nitrogens with two attached hydrogens (primary N) is 1. The Hall–Kier alpha value is -2.03. The number of aliphatic hydroxyl groups is 1. The Morgan fingerprint density at radius 1 is 1.00 bits per heavy atom. The van der Waals surface area contributed by atoms with Gasteiger partial charge in [-0.25, -0.2) is 4.79 Å². The van der Waals surface area contributed by atoms with Crippen molar-refractivity contribution >= 4 is 54.1 Å². The first-order valence-corrected chi connectivity index (χ1v) is 10.9. The zero-order valence-corrected chi connectivity index (χ0v) is 18.2. The van der Waals surface area contributed by atoms with Gasteiger partial charge in [0.15, 0.2) is 6.04 Å². The molecule has 14 heteroatoms. The molecule has 0 aromatic carbocycles. The van der Waals surface area contributed by atoms with E-state index < -0.39 is 66.4 Å². The number of thiol groups is 1. The van der Waals surface area contributed by atoms with Crippen LogP contribution in [0.25, 0.3) is 0 Å². The van der Waals surface area contributed by atoms with Crippen LogP contribution >= 0.6 is 24.4 Å². The molecule has 0 saturated heterocycles. The third-order valence-electron chi connectivity index (χ3n) is 3.84.